The average molecular weight is 479 g/mol. The summed E-state index contributed by atoms with van der Waals surface area (Å²) in [6, 6.07) is 5.31. The lowest BCUT2D eigenvalue weighted by Crippen LogP contribution is -2.46. The van der Waals surface area contributed by atoms with E-state index in [2.05, 4.69) is 9.83 Å². The summed E-state index contributed by atoms with van der Waals surface area (Å²) in [6.07, 6.45) is 4.79. The molecule has 1 saturated carbocycles. The lowest BCUT2D eigenvalue weighted by molar-refractivity contribution is 0.0702. The first kappa shape index (κ1) is 22.9. The molecule has 0 unspecified atom stereocenters. The summed E-state index contributed by atoms with van der Waals surface area (Å²) in [4.78, 5) is 27.3. The number of hydrogen-bond acceptors (Lipinski definition) is 5. The minimum absolute atomic E-state index is 0.0474. The van der Waals surface area contributed by atoms with Gasteiger partial charge in [-0.05, 0) is 31.7 Å². The fourth-order valence-corrected chi connectivity index (χ4v) is 4.55. The highest BCUT2D eigenvalue weighted by molar-refractivity contribution is 5.95. The van der Waals surface area contributed by atoms with Crippen molar-refractivity contribution in [3.63, 3.8) is 0 Å². The van der Waals surface area contributed by atoms with Crippen LogP contribution in [0.4, 0.5) is 14.5 Å². The molecule has 3 heterocycles. The molecular weight excluding hydrogens is 454 g/mol. The molecule has 1 saturated heterocycles. The Morgan fingerprint density at radius 3 is 2.66 bits per heavy atom. The van der Waals surface area contributed by atoms with Gasteiger partial charge in [0.2, 0.25) is 11.6 Å². The second kappa shape index (κ2) is 9.07. The Morgan fingerprint density at radius 1 is 1.23 bits per heavy atom. The van der Waals surface area contributed by atoms with Gasteiger partial charge in [-0.2, -0.15) is 0 Å². The highest BCUT2D eigenvalue weighted by atomic mass is 19.1. The first-order valence-corrected chi connectivity index (χ1v) is 11.5. The van der Waals surface area contributed by atoms with Crippen molar-refractivity contribution in [2.24, 2.45) is 5.73 Å². The highest BCUT2D eigenvalue weighted by Gasteiger charge is 2.37. The van der Waals surface area contributed by atoms with Gasteiger partial charge in [0.1, 0.15) is 11.6 Å². The van der Waals surface area contributed by atoms with Crippen LogP contribution in [0.25, 0.3) is 21.9 Å². The lowest BCUT2D eigenvalue weighted by Gasteiger charge is -2.30. The third kappa shape index (κ3) is 4.23. The first-order chi connectivity index (χ1) is 16.9. The number of carbonyl (C=O) groups excluding carboxylic acids is 1. The van der Waals surface area contributed by atoms with Gasteiger partial charge in [-0.25, -0.2) is 23.6 Å². The summed E-state index contributed by atoms with van der Waals surface area (Å²) < 4.78 is 35.9. The van der Waals surface area contributed by atoms with Crippen molar-refractivity contribution in [2.75, 3.05) is 20.2 Å². The normalized spacial score (nSPS) is 17.8. The number of benzene rings is 1. The number of aromatic nitrogens is 3. The number of hydrogen-bond donors (Lipinski definition) is 1. The lowest BCUT2D eigenvalue weighted by atomic mass is 10.1. The molecule has 1 aromatic carbocycles. The molecule has 3 aromatic rings. The Kier molecular flexibility index (Phi) is 5.94. The smallest absolute Gasteiger partial charge is 0.274 e. The Morgan fingerprint density at radius 2 is 2.03 bits per heavy atom. The van der Waals surface area contributed by atoms with Gasteiger partial charge in [0, 0.05) is 36.7 Å². The van der Waals surface area contributed by atoms with E-state index >= 15 is 0 Å². The third-order valence-corrected chi connectivity index (χ3v) is 6.40. The number of ether oxygens (including phenoxy) is 1. The minimum atomic E-state index is -0.700. The van der Waals surface area contributed by atoms with Crippen molar-refractivity contribution in [3.05, 3.63) is 64.9 Å². The molecule has 2 aromatic heterocycles. The summed E-state index contributed by atoms with van der Waals surface area (Å²) in [5, 5.41) is 0. The molecule has 5 rings (SSSR count). The van der Waals surface area contributed by atoms with E-state index < -0.39 is 11.6 Å². The van der Waals surface area contributed by atoms with Crippen LogP contribution in [-0.2, 0) is 0 Å². The molecule has 35 heavy (non-hydrogen) atoms. The van der Waals surface area contributed by atoms with Gasteiger partial charge >= 0.3 is 0 Å². The third-order valence-electron chi connectivity index (χ3n) is 6.40. The number of nitrogens with zero attached hydrogens (tertiary/aromatic N) is 5. The topological polar surface area (TPSA) is 90.6 Å². The average Bonchev–Trinajstić information content (AvgIpc) is 3.62. The van der Waals surface area contributed by atoms with Crippen molar-refractivity contribution in [1.29, 1.82) is 0 Å². The van der Waals surface area contributed by atoms with Gasteiger partial charge in [-0.1, -0.05) is 12.1 Å². The number of rotatable bonds is 5. The van der Waals surface area contributed by atoms with Crippen LogP contribution in [0.3, 0.4) is 0 Å². The largest absolute Gasteiger partial charge is 0.479 e. The van der Waals surface area contributed by atoms with Gasteiger partial charge in [0.05, 0.1) is 31.3 Å². The van der Waals surface area contributed by atoms with Crippen LogP contribution in [0.1, 0.15) is 47.8 Å². The SMILES string of the molecule is [C-]#[N+]c1ccc(-c2nc(C(=O)N3CCC[C@@H](N)C3)c(C3CC3)n2-c2cnc(OC)c(F)c2)cc1F. The quantitative estimate of drug-likeness (QED) is 0.555. The van der Waals surface area contributed by atoms with Gasteiger partial charge in [-0.15, -0.1) is 0 Å². The Bertz CT molecular complexity index is 1340. The van der Waals surface area contributed by atoms with Crippen LogP contribution in [-0.4, -0.2) is 51.6 Å². The maximum atomic E-state index is 14.7. The number of halogens is 2. The number of piperidine rings is 1. The molecule has 1 aliphatic heterocycles. The molecule has 2 fully saturated rings. The second-order valence-electron chi connectivity index (χ2n) is 8.90. The van der Waals surface area contributed by atoms with E-state index in [4.69, 9.17) is 22.0 Å². The van der Waals surface area contributed by atoms with Crippen LogP contribution in [0.2, 0.25) is 0 Å². The maximum Gasteiger partial charge on any atom is 0.274 e. The summed E-state index contributed by atoms with van der Waals surface area (Å²) in [5.41, 5.74) is 7.59. The fourth-order valence-electron chi connectivity index (χ4n) is 4.55. The van der Waals surface area contributed by atoms with Crippen molar-refractivity contribution in [3.8, 4) is 23.0 Å². The Balaban J connectivity index is 1.71. The molecule has 2 aliphatic rings. The van der Waals surface area contributed by atoms with Gasteiger partial charge < -0.3 is 15.4 Å². The second-order valence-corrected chi connectivity index (χ2v) is 8.90. The fraction of sp³-hybridized carbons (Fsp3) is 0.360. The van der Waals surface area contributed by atoms with Crippen LogP contribution < -0.4 is 10.5 Å². The molecule has 0 radical (unpaired) electrons. The predicted octanol–water partition coefficient (Wildman–Crippen LogP) is 4.21. The Hall–Kier alpha value is -3.84. The van der Waals surface area contributed by atoms with E-state index in [1.54, 1.807) is 15.5 Å². The molecule has 2 N–H and O–H groups in total. The zero-order chi connectivity index (χ0) is 24.7. The van der Waals surface area contributed by atoms with Crippen molar-refractivity contribution < 1.29 is 18.3 Å². The monoisotopic (exact) mass is 478 g/mol. The number of amides is 1. The summed E-state index contributed by atoms with van der Waals surface area (Å²) in [5.74, 6) is -1.45. The Labute approximate surface area is 201 Å². The maximum absolute atomic E-state index is 14.7. The molecule has 0 spiro atoms. The van der Waals surface area contributed by atoms with E-state index in [0.29, 0.717) is 30.0 Å². The molecule has 10 heteroatoms. The molecule has 180 valence electrons. The van der Waals surface area contributed by atoms with E-state index in [-0.39, 0.29) is 41.0 Å². The minimum Gasteiger partial charge on any atom is -0.479 e. The van der Waals surface area contributed by atoms with Crippen molar-refractivity contribution in [2.45, 2.75) is 37.6 Å². The van der Waals surface area contributed by atoms with Crippen LogP contribution >= 0.6 is 0 Å². The first-order valence-electron chi connectivity index (χ1n) is 11.5. The van der Waals surface area contributed by atoms with E-state index in [9.17, 15) is 13.6 Å². The number of methoxy groups -OCH3 is 1. The number of nitrogens with two attached hydrogens (primary N) is 1. The zero-order valence-electron chi connectivity index (χ0n) is 19.2. The van der Waals surface area contributed by atoms with Gasteiger partial charge in [-0.3, -0.25) is 9.36 Å². The van der Waals surface area contributed by atoms with Gasteiger partial charge in [0.25, 0.3) is 5.91 Å². The highest BCUT2D eigenvalue weighted by Crippen LogP contribution is 2.45. The molecule has 8 nitrogen and oxygen atoms in total. The number of likely N-dealkylation sites (tertiary alicyclic amines) is 1. The summed E-state index contributed by atoms with van der Waals surface area (Å²) in [7, 11) is 1.32. The molecule has 1 amide bonds. The summed E-state index contributed by atoms with van der Waals surface area (Å²) in [6.45, 7) is 8.13. The van der Waals surface area contributed by atoms with Gasteiger partial charge in [0.15, 0.2) is 11.5 Å². The number of carbonyl (C=O) groups is 1. The molecular formula is C25H24F2N6O2. The molecule has 1 atom stereocenters. The number of pyridine rings is 1. The van der Waals surface area contributed by atoms with Crippen molar-refractivity contribution in [1.82, 2.24) is 19.4 Å². The molecule has 0 bridgehead atoms. The van der Waals surface area contributed by atoms with E-state index in [0.717, 1.165) is 25.7 Å². The van der Waals surface area contributed by atoms with E-state index in [1.165, 1.54) is 31.5 Å². The van der Waals surface area contributed by atoms with Crippen molar-refractivity contribution >= 4 is 11.6 Å². The van der Waals surface area contributed by atoms with E-state index in [1.807, 2.05) is 0 Å². The zero-order valence-corrected chi connectivity index (χ0v) is 19.2. The standard InChI is InChI=1S/C25H24F2N6O2/c1-29-20-8-7-15(10-18(20)26)23-31-21(25(34)32-9-3-4-16(28)13-32)22(14-5-6-14)33(23)17-11-19(27)24(35-2)30-12-17/h7-8,10-12,14,16H,3-6,9,13,28H2,2H3/t16-/m1/s1. The van der Waals surface area contributed by atoms with Crippen LogP contribution in [0, 0.1) is 18.2 Å². The summed E-state index contributed by atoms with van der Waals surface area (Å²) >= 11 is 0. The van der Waals surface area contributed by atoms with Crippen LogP contribution in [0.5, 0.6) is 5.88 Å². The molecule has 1 aliphatic carbocycles. The predicted molar refractivity (Wildman–Crippen MR) is 125 cm³/mol. The number of imidazole rings is 1. The van der Waals surface area contributed by atoms with Crippen LogP contribution in [0.15, 0.2) is 30.5 Å².